The van der Waals surface area contributed by atoms with Crippen molar-refractivity contribution < 1.29 is 19.5 Å². The van der Waals surface area contributed by atoms with Crippen molar-refractivity contribution in [3.05, 3.63) is 17.0 Å². The molecule has 114 valence electrons. The molecule has 0 radical (unpaired) electrons. The number of carbonyl (C=O) groups excluding carboxylic acids is 2. The molecule has 7 heteroatoms. The second-order valence-corrected chi connectivity index (χ2v) is 6.92. The number of nitrogens with one attached hydrogen (secondary N) is 2. The van der Waals surface area contributed by atoms with Crippen LogP contribution in [0, 0.1) is 5.92 Å². The fraction of sp³-hybridized carbons (Fsp3) is 0.500. The second kappa shape index (κ2) is 5.85. The highest BCUT2D eigenvalue weighted by atomic mass is 32.1. The van der Waals surface area contributed by atoms with Gasteiger partial charge in [0.25, 0.3) is 5.91 Å². The van der Waals surface area contributed by atoms with Gasteiger partial charge in [0.15, 0.2) is 0 Å². The summed E-state index contributed by atoms with van der Waals surface area (Å²) in [6.07, 6.45) is 1.69. The average molecular weight is 310 g/mol. The van der Waals surface area contributed by atoms with Crippen LogP contribution in [0.2, 0.25) is 0 Å². The number of carbonyl (C=O) groups is 3. The van der Waals surface area contributed by atoms with Crippen molar-refractivity contribution in [2.45, 2.75) is 38.6 Å². The Bertz CT molecular complexity index is 575. The third kappa shape index (κ3) is 4.56. The maximum atomic E-state index is 12.1. The summed E-state index contributed by atoms with van der Waals surface area (Å²) in [5.41, 5.74) is -0.829. The van der Waals surface area contributed by atoms with Crippen molar-refractivity contribution in [1.82, 2.24) is 5.32 Å². The van der Waals surface area contributed by atoms with Gasteiger partial charge in [-0.3, -0.25) is 14.4 Å². The summed E-state index contributed by atoms with van der Waals surface area (Å²) >= 11 is 1.18. The molecule has 1 aliphatic rings. The highest BCUT2D eigenvalue weighted by Gasteiger charge is 2.30. The number of hydrogen-bond acceptors (Lipinski definition) is 4. The van der Waals surface area contributed by atoms with Crippen LogP contribution < -0.4 is 10.6 Å². The van der Waals surface area contributed by atoms with Gasteiger partial charge in [0.1, 0.15) is 0 Å². The van der Waals surface area contributed by atoms with Gasteiger partial charge in [-0.25, -0.2) is 0 Å². The number of hydrogen-bond donors (Lipinski definition) is 3. The Hall–Kier alpha value is -1.89. The summed E-state index contributed by atoms with van der Waals surface area (Å²) in [6, 6.07) is 3.31. The topological polar surface area (TPSA) is 95.5 Å². The van der Waals surface area contributed by atoms with Crippen LogP contribution in [0.15, 0.2) is 12.1 Å². The minimum absolute atomic E-state index is 0.00462. The lowest BCUT2D eigenvalue weighted by atomic mass is 10.0. The molecule has 0 aromatic carbocycles. The molecule has 0 atom stereocenters. The van der Waals surface area contributed by atoms with Gasteiger partial charge in [-0.15, -0.1) is 11.3 Å². The molecule has 0 unspecified atom stereocenters. The molecule has 6 nitrogen and oxygen atoms in total. The van der Waals surface area contributed by atoms with E-state index in [1.54, 1.807) is 26.0 Å². The molecule has 1 fully saturated rings. The van der Waals surface area contributed by atoms with Crippen molar-refractivity contribution in [1.29, 1.82) is 0 Å². The molecular formula is C14H18N2O4S. The van der Waals surface area contributed by atoms with E-state index in [4.69, 9.17) is 5.11 Å². The Morgan fingerprint density at radius 3 is 2.57 bits per heavy atom. The number of thiophene rings is 1. The summed E-state index contributed by atoms with van der Waals surface area (Å²) in [5.74, 6) is -1.20. The zero-order chi connectivity index (χ0) is 15.6. The fourth-order valence-electron chi connectivity index (χ4n) is 1.89. The normalized spacial score (nSPS) is 14.6. The number of rotatable bonds is 6. The smallest absolute Gasteiger partial charge is 0.305 e. The lowest BCUT2D eigenvalue weighted by Crippen LogP contribution is -2.44. The zero-order valence-corrected chi connectivity index (χ0v) is 12.8. The van der Waals surface area contributed by atoms with Crippen molar-refractivity contribution in [3.63, 3.8) is 0 Å². The van der Waals surface area contributed by atoms with Crippen molar-refractivity contribution >= 4 is 34.1 Å². The molecule has 1 saturated carbocycles. The second-order valence-electron chi connectivity index (χ2n) is 5.84. The molecule has 0 saturated heterocycles. The molecular weight excluding hydrogens is 292 g/mol. The zero-order valence-electron chi connectivity index (χ0n) is 11.9. The van der Waals surface area contributed by atoms with E-state index in [-0.39, 0.29) is 24.2 Å². The van der Waals surface area contributed by atoms with E-state index >= 15 is 0 Å². The fourth-order valence-corrected chi connectivity index (χ4v) is 2.69. The van der Waals surface area contributed by atoms with Crippen LogP contribution in [0.1, 0.15) is 42.8 Å². The molecule has 21 heavy (non-hydrogen) atoms. The van der Waals surface area contributed by atoms with Gasteiger partial charge in [0, 0.05) is 11.5 Å². The Morgan fingerprint density at radius 2 is 2.00 bits per heavy atom. The maximum Gasteiger partial charge on any atom is 0.305 e. The van der Waals surface area contributed by atoms with Crippen LogP contribution in [0.25, 0.3) is 0 Å². The van der Waals surface area contributed by atoms with Crippen molar-refractivity contribution in [3.8, 4) is 0 Å². The van der Waals surface area contributed by atoms with Crippen LogP contribution in [0.5, 0.6) is 0 Å². The van der Waals surface area contributed by atoms with E-state index in [2.05, 4.69) is 10.6 Å². The summed E-state index contributed by atoms with van der Waals surface area (Å²) in [5, 5.41) is 14.9. The highest BCUT2D eigenvalue weighted by Crippen LogP contribution is 2.31. The predicted octanol–water partition coefficient (Wildman–Crippen LogP) is 2.08. The number of amides is 2. The number of aliphatic carboxylic acids is 1. The highest BCUT2D eigenvalue weighted by molar-refractivity contribution is 7.18. The largest absolute Gasteiger partial charge is 0.481 e. The first kappa shape index (κ1) is 15.5. The Morgan fingerprint density at radius 1 is 1.33 bits per heavy atom. The van der Waals surface area contributed by atoms with Crippen LogP contribution in [-0.2, 0) is 9.59 Å². The van der Waals surface area contributed by atoms with Gasteiger partial charge in [-0.05, 0) is 38.8 Å². The molecule has 3 N–H and O–H groups in total. The molecule has 0 bridgehead atoms. The first-order chi connectivity index (χ1) is 9.77. The molecule has 1 aliphatic carbocycles. The summed E-state index contributed by atoms with van der Waals surface area (Å²) in [6.45, 7) is 3.31. The number of carboxylic acids is 1. The third-order valence-corrected chi connectivity index (χ3v) is 4.07. The molecule has 1 heterocycles. The van der Waals surface area contributed by atoms with Gasteiger partial charge >= 0.3 is 5.97 Å². The molecule has 0 aliphatic heterocycles. The van der Waals surface area contributed by atoms with Crippen LogP contribution in [0.3, 0.4) is 0 Å². The van der Waals surface area contributed by atoms with Gasteiger partial charge in [0.2, 0.25) is 5.91 Å². The lowest BCUT2D eigenvalue weighted by molar-refractivity contribution is -0.138. The third-order valence-electron chi connectivity index (χ3n) is 3.07. The Balaban J connectivity index is 1.95. The molecule has 2 rings (SSSR count). The Labute approximate surface area is 126 Å². The number of anilines is 1. The SMILES string of the molecule is CC(C)(CC(=O)O)NC(=O)c1ccc(NC(=O)C2CC2)s1. The van der Waals surface area contributed by atoms with E-state index in [9.17, 15) is 14.4 Å². The summed E-state index contributed by atoms with van der Waals surface area (Å²) in [4.78, 5) is 34.9. The van der Waals surface area contributed by atoms with Gasteiger partial charge in [-0.2, -0.15) is 0 Å². The van der Waals surface area contributed by atoms with E-state index in [0.29, 0.717) is 9.88 Å². The van der Waals surface area contributed by atoms with Gasteiger partial charge in [0.05, 0.1) is 16.3 Å². The monoisotopic (exact) mass is 310 g/mol. The Kier molecular flexibility index (Phi) is 4.32. The molecule has 2 amide bonds. The predicted molar refractivity (Wildman–Crippen MR) is 79.5 cm³/mol. The summed E-state index contributed by atoms with van der Waals surface area (Å²) in [7, 11) is 0. The quantitative estimate of drug-likeness (QED) is 0.749. The average Bonchev–Trinajstić information content (AvgIpc) is 3.08. The van der Waals surface area contributed by atoms with Crippen LogP contribution in [0.4, 0.5) is 5.00 Å². The first-order valence-electron chi connectivity index (χ1n) is 6.72. The van der Waals surface area contributed by atoms with Crippen LogP contribution >= 0.6 is 11.3 Å². The van der Waals surface area contributed by atoms with Gasteiger partial charge < -0.3 is 15.7 Å². The summed E-state index contributed by atoms with van der Waals surface area (Å²) < 4.78 is 0. The van der Waals surface area contributed by atoms with Crippen molar-refractivity contribution in [2.75, 3.05) is 5.32 Å². The molecule has 1 aromatic rings. The van der Waals surface area contributed by atoms with E-state index in [0.717, 1.165) is 12.8 Å². The molecule has 1 aromatic heterocycles. The van der Waals surface area contributed by atoms with E-state index in [1.807, 2.05) is 0 Å². The lowest BCUT2D eigenvalue weighted by Gasteiger charge is -2.23. The van der Waals surface area contributed by atoms with Crippen molar-refractivity contribution in [2.24, 2.45) is 5.92 Å². The number of carboxylic acid groups (broad SMARTS) is 1. The maximum absolute atomic E-state index is 12.1. The molecule has 0 spiro atoms. The minimum atomic E-state index is -0.969. The standard InChI is InChI=1S/C14H18N2O4S/c1-14(2,7-11(17)18)16-13(20)9-5-6-10(21-9)15-12(19)8-3-4-8/h5-6,8H,3-4,7H2,1-2H3,(H,15,19)(H,16,20)(H,17,18). The van der Waals surface area contributed by atoms with Crippen LogP contribution in [-0.4, -0.2) is 28.4 Å². The van der Waals surface area contributed by atoms with E-state index < -0.39 is 11.5 Å². The van der Waals surface area contributed by atoms with E-state index in [1.165, 1.54) is 11.3 Å². The minimum Gasteiger partial charge on any atom is -0.481 e. The van der Waals surface area contributed by atoms with Gasteiger partial charge in [-0.1, -0.05) is 0 Å². The first-order valence-corrected chi connectivity index (χ1v) is 7.53.